The maximum atomic E-state index is 3.52. The van der Waals surface area contributed by atoms with E-state index in [9.17, 15) is 0 Å². The van der Waals surface area contributed by atoms with Gasteiger partial charge in [0.05, 0.1) is 0 Å². The molecule has 2 atom stereocenters. The number of hydrogen-bond donors (Lipinski definition) is 1. The molecule has 20 heavy (non-hydrogen) atoms. The molecule has 0 spiro atoms. The first kappa shape index (κ1) is 15.5. The second kappa shape index (κ2) is 6.73. The monoisotopic (exact) mass is 274 g/mol. The highest BCUT2D eigenvalue weighted by Gasteiger charge is 2.26. The van der Waals surface area contributed by atoms with Gasteiger partial charge in [0.15, 0.2) is 0 Å². The van der Waals surface area contributed by atoms with Crippen LogP contribution in [-0.4, -0.2) is 31.6 Å². The minimum Gasteiger partial charge on any atom is -0.312 e. The molecule has 0 radical (unpaired) electrons. The molecule has 0 bridgehead atoms. The highest BCUT2D eigenvalue weighted by molar-refractivity contribution is 5.33. The van der Waals surface area contributed by atoms with Gasteiger partial charge in [0.25, 0.3) is 0 Å². The van der Waals surface area contributed by atoms with Gasteiger partial charge in [0.2, 0.25) is 0 Å². The molecule has 1 aromatic carbocycles. The van der Waals surface area contributed by atoms with Crippen molar-refractivity contribution in [1.82, 2.24) is 10.2 Å². The van der Waals surface area contributed by atoms with E-state index in [1.165, 1.54) is 36.2 Å². The van der Waals surface area contributed by atoms with Crippen molar-refractivity contribution in [3.8, 4) is 0 Å². The third-order valence-corrected chi connectivity index (χ3v) is 4.85. The van der Waals surface area contributed by atoms with Crippen LogP contribution in [0.4, 0.5) is 0 Å². The van der Waals surface area contributed by atoms with Crippen molar-refractivity contribution in [2.45, 2.75) is 40.2 Å². The molecule has 112 valence electrons. The minimum atomic E-state index is 0.445. The van der Waals surface area contributed by atoms with Gasteiger partial charge in [0, 0.05) is 19.1 Å². The van der Waals surface area contributed by atoms with E-state index in [4.69, 9.17) is 0 Å². The van der Waals surface area contributed by atoms with Crippen molar-refractivity contribution < 1.29 is 0 Å². The summed E-state index contributed by atoms with van der Waals surface area (Å²) in [6, 6.07) is 7.24. The molecule has 0 aliphatic carbocycles. The molecule has 2 nitrogen and oxygen atoms in total. The van der Waals surface area contributed by atoms with Crippen molar-refractivity contribution in [3.05, 3.63) is 34.9 Å². The number of likely N-dealkylation sites (N-methyl/N-ethyl adjacent to an activating group) is 1. The first-order chi connectivity index (χ1) is 9.51. The fourth-order valence-electron chi connectivity index (χ4n) is 3.31. The van der Waals surface area contributed by atoms with Crippen LogP contribution in [-0.2, 0) is 0 Å². The van der Waals surface area contributed by atoms with Gasteiger partial charge < -0.3 is 10.2 Å². The summed E-state index contributed by atoms with van der Waals surface area (Å²) in [5, 5.41) is 3.52. The molecule has 2 rings (SSSR count). The number of nitrogens with zero attached hydrogens (tertiary/aromatic N) is 1. The summed E-state index contributed by atoms with van der Waals surface area (Å²) in [5.74, 6) is 1.69. The number of nitrogens with one attached hydrogen (secondary N) is 1. The lowest BCUT2D eigenvalue weighted by Gasteiger charge is -2.26. The van der Waals surface area contributed by atoms with E-state index in [1.54, 1.807) is 0 Å². The van der Waals surface area contributed by atoms with Gasteiger partial charge in [-0.3, -0.25) is 0 Å². The fraction of sp³-hybridized carbons (Fsp3) is 0.667. The maximum absolute atomic E-state index is 3.52. The molecule has 1 saturated heterocycles. The minimum absolute atomic E-state index is 0.445. The van der Waals surface area contributed by atoms with Gasteiger partial charge in [0.1, 0.15) is 0 Å². The molecule has 1 aliphatic heterocycles. The maximum Gasteiger partial charge on any atom is 0.0449 e. The highest BCUT2D eigenvalue weighted by atomic mass is 15.2. The zero-order valence-corrected chi connectivity index (χ0v) is 13.7. The van der Waals surface area contributed by atoms with Crippen molar-refractivity contribution in [3.63, 3.8) is 0 Å². The van der Waals surface area contributed by atoms with Gasteiger partial charge in [-0.2, -0.15) is 0 Å². The molecule has 2 heteroatoms. The van der Waals surface area contributed by atoms with Gasteiger partial charge in [-0.1, -0.05) is 37.6 Å². The van der Waals surface area contributed by atoms with Crippen LogP contribution in [0.15, 0.2) is 18.2 Å². The van der Waals surface area contributed by atoms with Gasteiger partial charge in [-0.25, -0.2) is 0 Å². The molecule has 1 heterocycles. The van der Waals surface area contributed by atoms with Crippen LogP contribution >= 0.6 is 0 Å². The summed E-state index contributed by atoms with van der Waals surface area (Å²) >= 11 is 0. The van der Waals surface area contributed by atoms with E-state index in [2.05, 4.69) is 63.2 Å². The normalized spacial score (nSPS) is 21.6. The SMILES string of the molecule is CNC(CN1CCC(C(C)C)C1)c1cc(C)ccc1C. The lowest BCUT2D eigenvalue weighted by Crippen LogP contribution is -2.33. The first-order valence-corrected chi connectivity index (χ1v) is 7.98. The molecule has 1 fully saturated rings. The van der Waals surface area contributed by atoms with Crippen LogP contribution in [0.2, 0.25) is 0 Å². The quantitative estimate of drug-likeness (QED) is 0.883. The fourth-order valence-corrected chi connectivity index (χ4v) is 3.31. The summed E-state index contributed by atoms with van der Waals surface area (Å²) in [4.78, 5) is 2.63. The zero-order chi connectivity index (χ0) is 14.7. The van der Waals surface area contributed by atoms with E-state index in [-0.39, 0.29) is 0 Å². The molecule has 1 aromatic rings. The highest BCUT2D eigenvalue weighted by Crippen LogP contribution is 2.26. The van der Waals surface area contributed by atoms with Gasteiger partial charge in [-0.05, 0) is 56.8 Å². The molecule has 2 unspecified atom stereocenters. The van der Waals surface area contributed by atoms with Crippen molar-refractivity contribution in [2.75, 3.05) is 26.7 Å². The number of rotatable bonds is 5. The zero-order valence-electron chi connectivity index (χ0n) is 13.7. The lowest BCUT2D eigenvalue weighted by atomic mass is 9.95. The molecule has 1 aliphatic rings. The average Bonchev–Trinajstić information content (AvgIpc) is 2.88. The van der Waals surface area contributed by atoms with Gasteiger partial charge in [-0.15, -0.1) is 0 Å². The number of benzene rings is 1. The van der Waals surface area contributed by atoms with Crippen molar-refractivity contribution >= 4 is 0 Å². The lowest BCUT2D eigenvalue weighted by molar-refractivity contribution is 0.274. The Morgan fingerprint density at radius 2 is 2.05 bits per heavy atom. The Hall–Kier alpha value is -0.860. The van der Waals surface area contributed by atoms with Crippen LogP contribution in [0, 0.1) is 25.7 Å². The van der Waals surface area contributed by atoms with Crippen LogP contribution in [0.1, 0.15) is 43.0 Å². The van der Waals surface area contributed by atoms with E-state index in [1.807, 2.05) is 0 Å². The largest absolute Gasteiger partial charge is 0.312 e. The Bertz CT molecular complexity index is 439. The molecule has 1 N–H and O–H groups in total. The predicted octanol–water partition coefficient (Wildman–Crippen LogP) is 3.54. The average molecular weight is 274 g/mol. The Morgan fingerprint density at radius 3 is 2.65 bits per heavy atom. The molecular weight excluding hydrogens is 244 g/mol. The van der Waals surface area contributed by atoms with Crippen LogP contribution in [0.5, 0.6) is 0 Å². The van der Waals surface area contributed by atoms with E-state index >= 15 is 0 Å². The summed E-state index contributed by atoms with van der Waals surface area (Å²) < 4.78 is 0. The molecular formula is C18H30N2. The second-order valence-electron chi connectivity index (χ2n) is 6.75. The predicted molar refractivity (Wildman–Crippen MR) is 87.1 cm³/mol. The van der Waals surface area contributed by atoms with Crippen molar-refractivity contribution in [1.29, 1.82) is 0 Å². The van der Waals surface area contributed by atoms with Crippen LogP contribution in [0.25, 0.3) is 0 Å². The number of hydrogen-bond acceptors (Lipinski definition) is 2. The molecule has 0 saturated carbocycles. The van der Waals surface area contributed by atoms with E-state index in [0.29, 0.717) is 6.04 Å². The molecule has 0 amide bonds. The first-order valence-electron chi connectivity index (χ1n) is 7.98. The third-order valence-electron chi connectivity index (χ3n) is 4.85. The standard InChI is InChI=1S/C18H30N2/c1-13(2)16-8-9-20(11-16)12-18(19-5)17-10-14(3)6-7-15(17)4/h6-7,10,13,16,18-19H,8-9,11-12H2,1-5H3. The summed E-state index contributed by atoms with van der Waals surface area (Å²) in [7, 11) is 2.09. The van der Waals surface area contributed by atoms with Crippen LogP contribution in [0.3, 0.4) is 0 Å². The third kappa shape index (κ3) is 3.62. The Labute approximate surface area is 124 Å². The Morgan fingerprint density at radius 1 is 1.30 bits per heavy atom. The van der Waals surface area contributed by atoms with Gasteiger partial charge >= 0.3 is 0 Å². The second-order valence-corrected chi connectivity index (χ2v) is 6.75. The Kier molecular flexibility index (Phi) is 5.22. The number of likely N-dealkylation sites (tertiary alicyclic amines) is 1. The van der Waals surface area contributed by atoms with E-state index in [0.717, 1.165) is 18.4 Å². The van der Waals surface area contributed by atoms with Crippen molar-refractivity contribution in [2.24, 2.45) is 11.8 Å². The summed E-state index contributed by atoms with van der Waals surface area (Å²) in [5.41, 5.74) is 4.21. The topological polar surface area (TPSA) is 15.3 Å². The number of aryl methyl sites for hydroxylation is 2. The summed E-state index contributed by atoms with van der Waals surface area (Å²) in [6.45, 7) is 12.8. The van der Waals surface area contributed by atoms with E-state index < -0.39 is 0 Å². The molecule has 0 aromatic heterocycles. The summed E-state index contributed by atoms with van der Waals surface area (Å²) in [6.07, 6.45) is 1.36. The van der Waals surface area contributed by atoms with Crippen LogP contribution < -0.4 is 5.32 Å². The smallest absolute Gasteiger partial charge is 0.0449 e. The Balaban J connectivity index is 2.04.